The van der Waals surface area contributed by atoms with Crippen molar-refractivity contribution >= 4 is 0 Å². The Morgan fingerprint density at radius 2 is 1.61 bits per heavy atom. The fraction of sp³-hybridized carbons (Fsp3) is 1.00. The first-order chi connectivity index (χ1) is 8.10. The summed E-state index contributed by atoms with van der Waals surface area (Å²) in [5.41, 5.74) is 0.527. The fourth-order valence-corrected chi connectivity index (χ4v) is 3.60. The van der Waals surface area contributed by atoms with Gasteiger partial charge in [0.25, 0.3) is 0 Å². The van der Waals surface area contributed by atoms with Gasteiger partial charge in [0.15, 0.2) is 0 Å². The van der Waals surface area contributed by atoms with Crippen molar-refractivity contribution in [3.05, 3.63) is 0 Å². The second-order valence-corrected chi connectivity index (χ2v) is 8.17. The summed E-state index contributed by atoms with van der Waals surface area (Å²) in [7, 11) is 0. The molecular formula is C15H29FN2. The molecule has 2 aliphatic heterocycles. The van der Waals surface area contributed by atoms with Gasteiger partial charge in [-0.1, -0.05) is 0 Å². The molecule has 1 spiro atoms. The van der Waals surface area contributed by atoms with Crippen molar-refractivity contribution in [2.75, 3.05) is 26.3 Å². The Kier molecular flexibility index (Phi) is 3.31. The van der Waals surface area contributed by atoms with E-state index in [1.54, 1.807) is 0 Å². The quantitative estimate of drug-likeness (QED) is 0.712. The van der Waals surface area contributed by atoms with Crippen molar-refractivity contribution in [3.8, 4) is 0 Å². The molecule has 106 valence electrons. The molecule has 0 unspecified atom stereocenters. The van der Waals surface area contributed by atoms with E-state index in [0.29, 0.717) is 0 Å². The number of nitrogens with zero attached hydrogens (tertiary/aromatic N) is 2. The first-order valence-electron chi connectivity index (χ1n) is 7.18. The summed E-state index contributed by atoms with van der Waals surface area (Å²) < 4.78 is 13.6. The van der Waals surface area contributed by atoms with Crippen LogP contribution < -0.4 is 0 Å². The van der Waals surface area contributed by atoms with Crippen molar-refractivity contribution in [2.24, 2.45) is 5.41 Å². The Bertz CT molecular complexity index is 307. The smallest absolute Gasteiger partial charge is 0.106 e. The van der Waals surface area contributed by atoms with Crippen LogP contribution in [-0.4, -0.2) is 53.2 Å². The van der Waals surface area contributed by atoms with Gasteiger partial charge < -0.3 is 0 Å². The molecule has 1 atom stereocenters. The normalized spacial score (nSPS) is 29.8. The summed E-state index contributed by atoms with van der Waals surface area (Å²) in [6.45, 7) is 16.3. The van der Waals surface area contributed by atoms with Gasteiger partial charge in [0.1, 0.15) is 6.67 Å². The molecule has 0 saturated carbocycles. The maximum absolute atomic E-state index is 13.6. The van der Waals surface area contributed by atoms with Crippen LogP contribution in [0, 0.1) is 5.41 Å². The molecule has 0 aliphatic carbocycles. The molecule has 0 N–H and O–H groups in total. The van der Waals surface area contributed by atoms with Gasteiger partial charge in [-0.05, 0) is 54.5 Å². The molecule has 2 aliphatic rings. The highest BCUT2D eigenvalue weighted by Crippen LogP contribution is 2.48. The topological polar surface area (TPSA) is 6.48 Å². The van der Waals surface area contributed by atoms with Gasteiger partial charge in [-0.3, -0.25) is 9.80 Å². The highest BCUT2D eigenvalue weighted by Gasteiger charge is 2.57. The zero-order chi connectivity index (χ0) is 13.8. The van der Waals surface area contributed by atoms with Crippen LogP contribution in [0.2, 0.25) is 0 Å². The summed E-state index contributed by atoms with van der Waals surface area (Å²) in [6, 6.07) is 0.121. The van der Waals surface area contributed by atoms with Gasteiger partial charge in [0.2, 0.25) is 0 Å². The largest absolute Gasteiger partial charge is 0.297 e. The third-order valence-corrected chi connectivity index (χ3v) is 4.90. The molecule has 0 amide bonds. The van der Waals surface area contributed by atoms with Crippen molar-refractivity contribution in [2.45, 2.75) is 65.1 Å². The number of rotatable bonds is 1. The minimum atomic E-state index is -0.199. The Labute approximate surface area is 112 Å². The molecule has 2 fully saturated rings. The van der Waals surface area contributed by atoms with E-state index in [4.69, 9.17) is 0 Å². The third-order valence-electron chi connectivity index (χ3n) is 4.90. The average Bonchev–Trinajstić information content (AvgIpc) is 2.51. The van der Waals surface area contributed by atoms with Crippen molar-refractivity contribution in [1.29, 1.82) is 0 Å². The molecule has 0 bridgehead atoms. The molecule has 0 radical (unpaired) electrons. The number of hydrogen-bond acceptors (Lipinski definition) is 2. The highest BCUT2D eigenvalue weighted by atomic mass is 19.1. The molecule has 3 heteroatoms. The van der Waals surface area contributed by atoms with E-state index in [9.17, 15) is 4.39 Å². The number of hydrogen-bond donors (Lipinski definition) is 0. The Hall–Kier alpha value is -0.150. The number of likely N-dealkylation sites (tertiary alicyclic amines) is 2. The lowest BCUT2D eigenvalue weighted by molar-refractivity contribution is -0.0889. The van der Waals surface area contributed by atoms with Gasteiger partial charge >= 0.3 is 0 Å². The molecule has 2 nitrogen and oxygen atoms in total. The monoisotopic (exact) mass is 256 g/mol. The third kappa shape index (κ3) is 2.20. The first-order valence-corrected chi connectivity index (χ1v) is 7.18. The Balaban J connectivity index is 2.09. The van der Waals surface area contributed by atoms with Crippen molar-refractivity contribution in [3.63, 3.8) is 0 Å². The van der Waals surface area contributed by atoms with Crippen molar-refractivity contribution < 1.29 is 4.39 Å². The summed E-state index contributed by atoms with van der Waals surface area (Å²) in [5, 5.41) is 0. The zero-order valence-corrected chi connectivity index (χ0v) is 12.9. The van der Waals surface area contributed by atoms with E-state index in [-0.39, 0.29) is 29.2 Å². The zero-order valence-electron chi connectivity index (χ0n) is 12.9. The maximum Gasteiger partial charge on any atom is 0.106 e. The molecule has 2 saturated heterocycles. The van der Waals surface area contributed by atoms with Crippen LogP contribution in [0.5, 0.6) is 0 Å². The van der Waals surface area contributed by atoms with Crippen LogP contribution in [0.15, 0.2) is 0 Å². The molecule has 2 heterocycles. The molecule has 0 aromatic heterocycles. The van der Waals surface area contributed by atoms with E-state index in [0.717, 1.165) is 26.1 Å². The second-order valence-electron chi connectivity index (χ2n) is 8.17. The van der Waals surface area contributed by atoms with Gasteiger partial charge in [0.05, 0.1) is 0 Å². The van der Waals surface area contributed by atoms with Crippen LogP contribution in [0.3, 0.4) is 0 Å². The molecule has 0 aromatic rings. The van der Waals surface area contributed by atoms with Gasteiger partial charge in [-0.2, -0.15) is 0 Å². The van der Waals surface area contributed by atoms with Crippen LogP contribution in [-0.2, 0) is 0 Å². The molecule has 2 rings (SSSR count). The van der Waals surface area contributed by atoms with E-state index in [1.807, 2.05) is 0 Å². The van der Waals surface area contributed by atoms with E-state index >= 15 is 0 Å². The van der Waals surface area contributed by atoms with Crippen LogP contribution in [0.25, 0.3) is 0 Å². The summed E-state index contributed by atoms with van der Waals surface area (Å²) in [5.74, 6) is 0. The summed E-state index contributed by atoms with van der Waals surface area (Å²) >= 11 is 0. The van der Waals surface area contributed by atoms with E-state index in [1.165, 1.54) is 0 Å². The Morgan fingerprint density at radius 3 is 2.00 bits per heavy atom. The van der Waals surface area contributed by atoms with Crippen molar-refractivity contribution in [1.82, 2.24) is 9.80 Å². The first kappa shape index (κ1) is 14.3. The SMILES string of the molecule is CC(C)(C)N1CC2(CCN(C(C)(C)C)[C@H]2CF)C1. The Morgan fingerprint density at radius 1 is 1.06 bits per heavy atom. The molecule has 18 heavy (non-hydrogen) atoms. The lowest BCUT2D eigenvalue weighted by Crippen LogP contribution is -2.67. The summed E-state index contributed by atoms with van der Waals surface area (Å²) in [6.07, 6.45) is 1.16. The minimum Gasteiger partial charge on any atom is -0.297 e. The van der Waals surface area contributed by atoms with E-state index < -0.39 is 0 Å². The maximum atomic E-state index is 13.6. The second kappa shape index (κ2) is 4.17. The average molecular weight is 256 g/mol. The predicted octanol–water partition coefficient (Wildman–Crippen LogP) is 2.93. The van der Waals surface area contributed by atoms with Crippen LogP contribution in [0.1, 0.15) is 48.0 Å². The minimum absolute atomic E-state index is 0.0857. The highest BCUT2D eigenvalue weighted by molar-refractivity contribution is 5.11. The lowest BCUT2D eigenvalue weighted by atomic mass is 9.71. The van der Waals surface area contributed by atoms with Gasteiger partial charge in [-0.25, -0.2) is 4.39 Å². The molecular weight excluding hydrogens is 227 g/mol. The number of alkyl halides is 1. The fourth-order valence-electron chi connectivity index (χ4n) is 3.60. The van der Waals surface area contributed by atoms with Gasteiger partial charge in [-0.15, -0.1) is 0 Å². The lowest BCUT2D eigenvalue weighted by Gasteiger charge is -2.57. The van der Waals surface area contributed by atoms with Gasteiger partial charge in [0, 0.05) is 35.6 Å². The van der Waals surface area contributed by atoms with Crippen LogP contribution >= 0.6 is 0 Å². The summed E-state index contributed by atoms with van der Waals surface area (Å²) in [4.78, 5) is 4.87. The standard InChI is InChI=1S/C15H29FN2/c1-13(2,3)17-10-15(11-17)7-8-18(12(15)9-16)14(4,5)6/h12H,7-11H2,1-6H3/t12-/m0/s1. The van der Waals surface area contributed by atoms with E-state index in [2.05, 4.69) is 51.3 Å². The molecule has 0 aromatic carbocycles. The number of halogens is 1. The predicted molar refractivity (Wildman–Crippen MR) is 74.6 cm³/mol. The van der Waals surface area contributed by atoms with Crippen LogP contribution in [0.4, 0.5) is 4.39 Å².